The first-order chi connectivity index (χ1) is 8.33. The van der Waals surface area contributed by atoms with Gasteiger partial charge >= 0.3 is 0 Å². The van der Waals surface area contributed by atoms with Gasteiger partial charge in [0.2, 0.25) is 0 Å². The molecule has 18 heavy (non-hydrogen) atoms. The first-order valence-corrected chi connectivity index (χ1v) is 6.28. The van der Waals surface area contributed by atoms with Crippen molar-refractivity contribution in [1.82, 2.24) is 4.90 Å². The Morgan fingerprint density at radius 1 is 1.22 bits per heavy atom. The van der Waals surface area contributed by atoms with Gasteiger partial charge in [0.1, 0.15) is 5.75 Å². The van der Waals surface area contributed by atoms with Crippen LogP contribution in [0, 0.1) is 13.8 Å². The average molecular weight is 251 g/mol. The third-order valence-electron chi connectivity index (χ3n) is 3.90. The number of benzene rings is 1. The van der Waals surface area contributed by atoms with Crippen LogP contribution >= 0.6 is 0 Å². The molecule has 0 unspecified atom stereocenters. The Morgan fingerprint density at radius 2 is 1.83 bits per heavy atom. The number of methoxy groups -OCH3 is 1. The van der Waals surface area contributed by atoms with Crippen molar-refractivity contribution >= 4 is 0 Å². The van der Waals surface area contributed by atoms with E-state index in [9.17, 15) is 5.11 Å². The zero-order valence-corrected chi connectivity index (χ0v) is 12.4. The second-order valence-electron chi connectivity index (χ2n) is 5.50. The van der Waals surface area contributed by atoms with E-state index in [0.717, 1.165) is 12.3 Å². The molecule has 0 radical (unpaired) electrons. The van der Waals surface area contributed by atoms with E-state index in [1.165, 1.54) is 16.7 Å². The van der Waals surface area contributed by atoms with Gasteiger partial charge in [-0.1, -0.05) is 6.07 Å². The maximum absolute atomic E-state index is 9.39. The zero-order valence-electron chi connectivity index (χ0n) is 12.4. The first kappa shape index (κ1) is 15.0. The van der Waals surface area contributed by atoms with Gasteiger partial charge in [0, 0.05) is 12.1 Å². The highest BCUT2D eigenvalue weighted by Crippen LogP contribution is 2.26. The molecule has 0 amide bonds. The monoisotopic (exact) mass is 251 g/mol. The number of likely N-dealkylation sites (N-methyl/N-ethyl adjacent to an activating group) is 1. The molecule has 102 valence electrons. The minimum absolute atomic E-state index is 0.150. The number of ether oxygens (including phenoxy) is 1. The number of hydrogen-bond donors (Lipinski definition) is 1. The lowest BCUT2D eigenvalue weighted by Crippen LogP contribution is -2.43. The maximum atomic E-state index is 9.39. The van der Waals surface area contributed by atoms with Gasteiger partial charge in [0.25, 0.3) is 0 Å². The molecule has 1 aromatic carbocycles. The van der Waals surface area contributed by atoms with E-state index in [1.54, 1.807) is 7.11 Å². The van der Waals surface area contributed by atoms with Crippen molar-refractivity contribution in [2.24, 2.45) is 0 Å². The van der Waals surface area contributed by atoms with Crippen LogP contribution in [0.1, 0.15) is 30.5 Å². The molecule has 0 aliphatic rings. The van der Waals surface area contributed by atoms with E-state index in [1.807, 2.05) is 27.0 Å². The van der Waals surface area contributed by atoms with Gasteiger partial charge in [-0.2, -0.15) is 0 Å². The Hall–Kier alpha value is -1.06. The van der Waals surface area contributed by atoms with Gasteiger partial charge in [0.15, 0.2) is 0 Å². The molecule has 0 saturated heterocycles. The maximum Gasteiger partial charge on any atom is 0.122 e. The predicted molar refractivity (Wildman–Crippen MR) is 75.1 cm³/mol. The molecule has 0 aromatic heterocycles. The highest BCUT2D eigenvalue weighted by Gasteiger charge is 2.23. The molecular weight excluding hydrogens is 226 g/mol. The van der Waals surface area contributed by atoms with E-state index in [2.05, 4.69) is 24.8 Å². The minimum atomic E-state index is -0.208. The molecule has 3 heteroatoms. The van der Waals surface area contributed by atoms with Crippen molar-refractivity contribution in [3.8, 4) is 5.75 Å². The summed E-state index contributed by atoms with van der Waals surface area (Å²) in [6.45, 7) is 9.25. The third-order valence-corrected chi connectivity index (χ3v) is 3.90. The molecule has 1 rings (SSSR count). The van der Waals surface area contributed by atoms with E-state index in [0.29, 0.717) is 0 Å². The van der Waals surface area contributed by atoms with Crippen LogP contribution in [0.5, 0.6) is 5.75 Å². The van der Waals surface area contributed by atoms with E-state index >= 15 is 0 Å². The second kappa shape index (κ2) is 5.72. The summed E-state index contributed by atoms with van der Waals surface area (Å²) in [6, 6.07) is 4.11. The van der Waals surface area contributed by atoms with Gasteiger partial charge in [-0.3, -0.25) is 4.90 Å². The molecule has 0 saturated carbocycles. The third kappa shape index (κ3) is 3.03. The number of aliphatic hydroxyl groups excluding tert-OH is 1. The van der Waals surface area contributed by atoms with Crippen molar-refractivity contribution in [2.45, 2.75) is 39.8 Å². The molecule has 0 atom stereocenters. The van der Waals surface area contributed by atoms with Crippen LogP contribution < -0.4 is 4.74 Å². The SMILES string of the molecule is COc1ccc(CN(C)C(C)(C)CO)c(C)c1C. The van der Waals surface area contributed by atoms with Gasteiger partial charge in [-0.05, 0) is 57.5 Å². The Balaban J connectivity index is 2.96. The number of hydrogen-bond acceptors (Lipinski definition) is 3. The van der Waals surface area contributed by atoms with Crippen LogP contribution in [-0.2, 0) is 6.54 Å². The summed E-state index contributed by atoms with van der Waals surface area (Å²) < 4.78 is 5.32. The van der Waals surface area contributed by atoms with Gasteiger partial charge in [-0.15, -0.1) is 0 Å². The van der Waals surface area contributed by atoms with Crippen LogP contribution in [0.2, 0.25) is 0 Å². The number of nitrogens with zero attached hydrogens (tertiary/aromatic N) is 1. The summed E-state index contributed by atoms with van der Waals surface area (Å²) in [4.78, 5) is 2.17. The fraction of sp³-hybridized carbons (Fsp3) is 0.600. The van der Waals surface area contributed by atoms with E-state index < -0.39 is 0 Å². The van der Waals surface area contributed by atoms with Crippen LogP contribution in [0.3, 0.4) is 0 Å². The first-order valence-electron chi connectivity index (χ1n) is 6.28. The highest BCUT2D eigenvalue weighted by atomic mass is 16.5. The summed E-state index contributed by atoms with van der Waals surface area (Å²) in [5.41, 5.74) is 3.51. The largest absolute Gasteiger partial charge is 0.496 e. The second-order valence-corrected chi connectivity index (χ2v) is 5.50. The summed E-state index contributed by atoms with van der Waals surface area (Å²) in [5, 5.41) is 9.39. The zero-order chi connectivity index (χ0) is 13.9. The summed E-state index contributed by atoms with van der Waals surface area (Å²) >= 11 is 0. The van der Waals surface area contributed by atoms with Crippen molar-refractivity contribution in [2.75, 3.05) is 20.8 Å². The lowest BCUT2D eigenvalue weighted by atomic mass is 9.99. The van der Waals surface area contributed by atoms with Gasteiger partial charge in [0.05, 0.1) is 13.7 Å². The average Bonchev–Trinajstić information content (AvgIpc) is 2.35. The lowest BCUT2D eigenvalue weighted by Gasteiger charge is -2.34. The number of rotatable bonds is 5. The van der Waals surface area contributed by atoms with Crippen molar-refractivity contribution < 1.29 is 9.84 Å². The smallest absolute Gasteiger partial charge is 0.122 e. The molecular formula is C15H25NO2. The Morgan fingerprint density at radius 3 is 2.33 bits per heavy atom. The molecule has 1 N–H and O–H groups in total. The van der Waals surface area contributed by atoms with Gasteiger partial charge in [-0.25, -0.2) is 0 Å². The van der Waals surface area contributed by atoms with Crippen LogP contribution in [0.15, 0.2) is 12.1 Å². The molecule has 0 aliphatic carbocycles. The quantitative estimate of drug-likeness (QED) is 0.873. The summed E-state index contributed by atoms with van der Waals surface area (Å²) in [5.74, 6) is 0.931. The van der Waals surface area contributed by atoms with Crippen molar-refractivity contribution in [3.63, 3.8) is 0 Å². The van der Waals surface area contributed by atoms with Crippen LogP contribution in [0.4, 0.5) is 0 Å². The van der Waals surface area contributed by atoms with Gasteiger partial charge < -0.3 is 9.84 Å². The number of aliphatic hydroxyl groups is 1. The molecule has 0 bridgehead atoms. The van der Waals surface area contributed by atoms with Crippen LogP contribution in [0.25, 0.3) is 0 Å². The molecule has 0 spiro atoms. The van der Waals surface area contributed by atoms with Crippen molar-refractivity contribution in [3.05, 3.63) is 28.8 Å². The normalized spacial score (nSPS) is 12.0. The summed E-state index contributed by atoms with van der Waals surface area (Å²) in [7, 11) is 3.73. The van der Waals surface area contributed by atoms with E-state index in [-0.39, 0.29) is 12.1 Å². The molecule has 1 aromatic rings. The Bertz CT molecular complexity index is 413. The predicted octanol–water partition coefficient (Wildman–Crippen LogP) is 2.51. The fourth-order valence-corrected chi connectivity index (χ4v) is 1.83. The van der Waals surface area contributed by atoms with Crippen molar-refractivity contribution in [1.29, 1.82) is 0 Å². The molecule has 3 nitrogen and oxygen atoms in total. The lowest BCUT2D eigenvalue weighted by molar-refractivity contribution is 0.0732. The molecule has 0 fully saturated rings. The highest BCUT2D eigenvalue weighted by molar-refractivity contribution is 5.43. The minimum Gasteiger partial charge on any atom is -0.496 e. The molecule has 0 heterocycles. The van der Waals surface area contributed by atoms with E-state index in [4.69, 9.17) is 4.74 Å². The Labute approximate surface area is 110 Å². The van der Waals surface area contributed by atoms with Crippen LogP contribution in [-0.4, -0.2) is 36.3 Å². The Kier molecular flexibility index (Phi) is 4.77. The fourth-order valence-electron chi connectivity index (χ4n) is 1.83. The standard InChI is InChI=1S/C15H25NO2/c1-11-12(2)14(18-6)8-7-13(11)9-16(5)15(3,4)10-17/h7-8,17H,9-10H2,1-6H3. The topological polar surface area (TPSA) is 32.7 Å². The summed E-state index contributed by atoms with van der Waals surface area (Å²) in [6.07, 6.45) is 0. The molecule has 0 aliphatic heterocycles.